The van der Waals surface area contributed by atoms with E-state index in [9.17, 15) is 9.90 Å². The summed E-state index contributed by atoms with van der Waals surface area (Å²) in [5.41, 5.74) is -0.286. The Balaban J connectivity index is 2.02. The van der Waals surface area contributed by atoms with Crippen LogP contribution in [0.5, 0.6) is 0 Å². The first-order chi connectivity index (χ1) is 7.63. The lowest BCUT2D eigenvalue weighted by molar-refractivity contribution is -0.163. The minimum absolute atomic E-state index is 0.00409. The predicted molar refractivity (Wildman–Crippen MR) is 56.6 cm³/mol. The number of hydrogen-bond donors (Lipinski definition) is 1. The van der Waals surface area contributed by atoms with Gasteiger partial charge in [0.25, 0.3) is 0 Å². The van der Waals surface area contributed by atoms with Crippen LogP contribution in [-0.4, -0.2) is 29.4 Å². The van der Waals surface area contributed by atoms with Crippen LogP contribution >= 0.6 is 0 Å². The molecule has 1 saturated heterocycles. The van der Waals surface area contributed by atoms with Gasteiger partial charge in [-0.15, -0.1) is 0 Å². The topological polar surface area (TPSA) is 55.8 Å². The Hall–Kier alpha value is -1.39. The molecule has 1 aromatic rings. The molecule has 0 unspecified atom stereocenters. The second kappa shape index (κ2) is 4.23. The highest BCUT2D eigenvalue weighted by Crippen LogP contribution is 2.25. The Morgan fingerprint density at radius 3 is 2.75 bits per heavy atom. The van der Waals surface area contributed by atoms with E-state index >= 15 is 0 Å². The molecular formula is C12H14O4. The molecule has 1 N–H and O–H groups in total. The van der Waals surface area contributed by atoms with Crippen molar-refractivity contribution in [3.8, 4) is 0 Å². The lowest BCUT2D eigenvalue weighted by Gasteiger charge is -2.23. The van der Waals surface area contributed by atoms with Gasteiger partial charge in [-0.3, -0.25) is 0 Å². The van der Waals surface area contributed by atoms with E-state index in [1.54, 1.807) is 6.92 Å². The number of hydrogen-bond acceptors (Lipinski definition) is 4. The summed E-state index contributed by atoms with van der Waals surface area (Å²) in [7, 11) is 0. The smallest absolute Gasteiger partial charge is 0.341 e. The third-order valence-electron chi connectivity index (χ3n) is 2.79. The number of aliphatic hydroxyl groups excluding tert-OH is 1. The molecule has 4 nitrogen and oxygen atoms in total. The monoisotopic (exact) mass is 222 g/mol. The third-order valence-corrected chi connectivity index (χ3v) is 2.79. The molecule has 1 aliphatic heterocycles. The van der Waals surface area contributed by atoms with Gasteiger partial charge in [0, 0.05) is 0 Å². The largest absolute Gasteiger partial charge is 0.461 e. The second-order valence-corrected chi connectivity index (χ2v) is 4.00. The molecule has 2 atom stereocenters. The van der Waals surface area contributed by atoms with Gasteiger partial charge in [-0.25, -0.2) is 4.79 Å². The highest BCUT2D eigenvalue weighted by Gasteiger charge is 2.49. The zero-order valence-electron chi connectivity index (χ0n) is 9.05. The first kappa shape index (κ1) is 11.1. The Labute approximate surface area is 93.8 Å². The first-order valence-corrected chi connectivity index (χ1v) is 5.16. The Morgan fingerprint density at radius 1 is 1.50 bits per heavy atom. The van der Waals surface area contributed by atoms with E-state index in [2.05, 4.69) is 0 Å². The maximum Gasteiger partial charge on any atom is 0.341 e. The van der Waals surface area contributed by atoms with Gasteiger partial charge in [-0.1, -0.05) is 30.3 Å². The zero-order chi connectivity index (χ0) is 11.6. The van der Waals surface area contributed by atoms with E-state index in [-0.39, 0.29) is 13.2 Å². The van der Waals surface area contributed by atoms with E-state index in [1.165, 1.54) is 0 Å². The van der Waals surface area contributed by atoms with Gasteiger partial charge in [-0.2, -0.15) is 0 Å². The van der Waals surface area contributed by atoms with E-state index in [0.29, 0.717) is 0 Å². The summed E-state index contributed by atoms with van der Waals surface area (Å²) in [6.45, 7) is 1.84. The minimum atomic E-state index is -1.24. The molecule has 1 heterocycles. The van der Waals surface area contributed by atoms with Crippen LogP contribution in [0.2, 0.25) is 0 Å². The number of esters is 1. The van der Waals surface area contributed by atoms with Crippen molar-refractivity contribution in [3.63, 3.8) is 0 Å². The summed E-state index contributed by atoms with van der Waals surface area (Å²) in [5, 5.41) is 9.63. The van der Waals surface area contributed by atoms with Crippen LogP contribution < -0.4 is 0 Å². The lowest BCUT2D eigenvalue weighted by atomic mass is 10.0. The fraction of sp³-hybridized carbons (Fsp3) is 0.417. The summed E-state index contributed by atoms with van der Waals surface area (Å²) in [5.74, 6) is -0.504. The average molecular weight is 222 g/mol. The molecule has 86 valence electrons. The molecule has 1 aromatic carbocycles. The van der Waals surface area contributed by atoms with Gasteiger partial charge in [0.1, 0.15) is 12.7 Å². The number of ether oxygens (including phenoxy) is 2. The van der Waals surface area contributed by atoms with Crippen LogP contribution in [0.1, 0.15) is 12.5 Å². The molecule has 0 aliphatic carbocycles. The van der Waals surface area contributed by atoms with Crippen LogP contribution in [0.15, 0.2) is 30.3 Å². The molecule has 0 amide bonds. The molecule has 0 aromatic heterocycles. The number of aliphatic hydroxyl groups is 1. The SMILES string of the molecule is C[C@]1(OCc2ccccc2)C(=O)OC[C@H]1O. The van der Waals surface area contributed by atoms with E-state index in [4.69, 9.17) is 9.47 Å². The van der Waals surface area contributed by atoms with Crippen molar-refractivity contribution in [2.75, 3.05) is 6.61 Å². The molecule has 0 bridgehead atoms. The molecule has 0 spiro atoms. The van der Waals surface area contributed by atoms with Crippen LogP contribution in [0.3, 0.4) is 0 Å². The van der Waals surface area contributed by atoms with Gasteiger partial charge < -0.3 is 14.6 Å². The minimum Gasteiger partial charge on any atom is -0.461 e. The fourth-order valence-corrected chi connectivity index (χ4v) is 1.56. The summed E-state index contributed by atoms with van der Waals surface area (Å²) in [6.07, 6.45) is -0.899. The average Bonchev–Trinajstić information content (AvgIpc) is 2.57. The van der Waals surface area contributed by atoms with Crippen molar-refractivity contribution in [3.05, 3.63) is 35.9 Å². The highest BCUT2D eigenvalue weighted by molar-refractivity contribution is 5.82. The standard InChI is InChI=1S/C12H14O4/c1-12(10(13)8-15-11(12)14)16-7-9-5-3-2-4-6-9/h2-6,10,13H,7-8H2,1H3/t10-,12-/m1/s1. The quantitative estimate of drug-likeness (QED) is 0.771. The van der Waals surface area contributed by atoms with Crippen LogP contribution in [0.25, 0.3) is 0 Å². The second-order valence-electron chi connectivity index (χ2n) is 4.00. The van der Waals surface area contributed by atoms with Crippen LogP contribution in [0.4, 0.5) is 0 Å². The number of rotatable bonds is 3. The van der Waals surface area contributed by atoms with Crippen molar-refractivity contribution in [1.82, 2.24) is 0 Å². The van der Waals surface area contributed by atoms with E-state index in [0.717, 1.165) is 5.56 Å². The highest BCUT2D eigenvalue weighted by atomic mass is 16.6. The molecule has 2 rings (SSSR count). The Morgan fingerprint density at radius 2 is 2.19 bits per heavy atom. The van der Waals surface area contributed by atoms with Crippen LogP contribution in [0, 0.1) is 0 Å². The number of cyclic esters (lactones) is 1. The maximum atomic E-state index is 11.4. The number of benzene rings is 1. The van der Waals surface area contributed by atoms with Crippen molar-refractivity contribution in [2.24, 2.45) is 0 Å². The fourth-order valence-electron chi connectivity index (χ4n) is 1.56. The molecule has 4 heteroatoms. The number of carbonyl (C=O) groups is 1. The summed E-state index contributed by atoms with van der Waals surface area (Å²) < 4.78 is 10.2. The van der Waals surface area contributed by atoms with Gasteiger partial charge >= 0.3 is 5.97 Å². The molecule has 0 saturated carbocycles. The van der Waals surface area contributed by atoms with E-state index in [1.807, 2.05) is 30.3 Å². The Kier molecular flexibility index (Phi) is 2.94. The van der Waals surface area contributed by atoms with Gasteiger partial charge in [-0.05, 0) is 12.5 Å². The van der Waals surface area contributed by atoms with Crippen molar-refractivity contribution >= 4 is 5.97 Å². The molecule has 1 fully saturated rings. The summed E-state index contributed by atoms with van der Waals surface area (Å²) >= 11 is 0. The molecular weight excluding hydrogens is 208 g/mol. The maximum absolute atomic E-state index is 11.4. The third kappa shape index (κ3) is 1.94. The van der Waals surface area contributed by atoms with E-state index < -0.39 is 17.7 Å². The lowest BCUT2D eigenvalue weighted by Crippen LogP contribution is -2.44. The van der Waals surface area contributed by atoms with Crippen molar-refractivity contribution in [2.45, 2.75) is 25.2 Å². The number of carbonyl (C=O) groups excluding carboxylic acids is 1. The normalized spacial score (nSPS) is 29.1. The van der Waals surface area contributed by atoms with Gasteiger partial charge in [0.2, 0.25) is 0 Å². The molecule has 1 aliphatic rings. The zero-order valence-corrected chi connectivity index (χ0v) is 9.05. The van der Waals surface area contributed by atoms with Crippen molar-refractivity contribution in [1.29, 1.82) is 0 Å². The van der Waals surface area contributed by atoms with Crippen molar-refractivity contribution < 1.29 is 19.4 Å². The van der Waals surface area contributed by atoms with Gasteiger partial charge in [0.15, 0.2) is 5.60 Å². The summed E-state index contributed by atoms with van der Waals surface area (Å²) in [6, 6.07) is 9.49. The first-order valence-electron chi connectivity index (χ1n) is 5.16. The van der Waals surface area contributed by atoms with Gasteiger partial charge in [0.05, 0.1) is 6.61 Å². The summed E-state index contributed by atoms with van der Waals surface area (Å²) in [4.78, 5) is 11.4. The molecule has 0 radical (unpaired) electrons. The predicted octanol–water partition coefficient (Wildman–Crippen LogP) is 0.880. The molecule has 16 heavy (non-hydrogen) atoms. The van der Waals surface area contributed by atoms with Crippen LogP contribution in [-0.2, 0) is 20.9 Å². The Bertz CT molecular complexity index is 376.